The Labute approximate surface area is 112 Å². The first-order valence-corrected chi connectivity index (χ1v) is 7.34. The largest absolute Gasteiger partial charge is 0.481 e. The molecule has 0 aliphatic carbocycles. The Morgan fingerprint density at radius 1 is 1.21 bits per heavy atom. The summed E-state index contributed by atoms with van der Waals surface area (Å²) < 4.78 is 35.2. The van der Waals surface area contributed by atoms with Gasteiger partial charge in [-0.3, -0.25) is 0 Å². The summed E-state index contributed by atoms with van der Waals surface area (Å²) in [6, 6.07) is 1.53. The van der Waals surface area contributed by atoms with Gasteiger partial charge in [0.25, 0.3) is 0 Å². The highest BCUT2D eigenvalue weighted by atomic mass is 32.2. The van der Waals surface area contributed by atoms with E-state index in [0.717, 1.165) is 0 Å². The molecule has 1 heterocycles. The number of sulfonamides is 1. The highest BCUT2D eigenvalue weighted by Gasteiger charge is 2.09. The van der Waals surface area contributed by atoms with Crippen molar-refractivity contribution >= 4 is 16.0 Å². The molecule has 2 N–H and O–H groups in total. The average molecular weight is 290 g/mol. The normalized spacial score (nSPS) is 11.1. The number of hydrogen-bond donors (Lipinski definition) is 2. The number of nitrogens with zero attached hydrogens (tertiary/aromatic N) is 2. The third-order valence-electron chi connectivity index (χ3n) is 2.12. The second kappa shape index (κ2) is 7.10. The molecule has 0 aromatic carbocycles. The Morgan fingerprint density at radius 2 is 1.79 bits per heavy atom. The zero-order valence-corrected chi connectivity index (χ0v) is 12.0. The molecule has 0 saturated carbocycles. The third-order valence-corrected chi connectivity index (χ3v) is 3.59. The second-order valence-corrected chi connectivity index (χ2v) is 5.45. The van der Waals surface area contributed by atoms with Crippen LogP contribution >= 0.6 is 0 Å². The van der Waals surface area contributed by atoms with Crippen molar-refractivity contribution < 1.29 is 17.9 Å². The Balaban J connectivity index is 2.62. The van der Waals surface area contributed by atoms with Crippen LogP contribution in [0.15, 0.2) is 6.07 Å². The molecule has 0 bridgehead atoms. The van der Waals surface area contributed by atoms with Gasteiger partial charge >= 0.3 is 0 Å². The van der Waals surface area contributed by atoms with Crippen LogP contribution in [-0.2, 0) is 10.0 Å². The lowest BCUT2D eigenvalue weighted by Crippen LogP contribution is -2.29. The molecule has 1 aromatic rings. The van der Waals surface area contributed by atoms with E-state index >= 15 is 0 Å². The van der Waals surface area contributed by atoms with E-state index in [9.17, 15) is 8.42 Å². The molecule has 19 heavy (non-hydrogen) atoms. The van der Waals surface area contributed by atoms with Gasteiger partial charge in [0.15, 0.2) is 0 Å². The second-order valence-electron chi connectivity index (χ2n) is 3.52. The van der Waals surface area contributed by atoms with Gasteiger partial charge in [-0.15, -0.1) is 0 Å². The molecule has 8 nitrogen and oxygen atoms in total. The lowest BCUT2D eigenvalue weighted by Gasteiger charge is -2.08. The fourth-order valence-corrected chi connectivity index (χ4v) is 2.24. The number of hydrogen-bond acceptors (Lipinski definition) is 7. The standard InChI is InChI=1S/C10H18N4O4S/c1-4-12-19(15,16)6-5-11-10-13-8(17-2)7-9(14-10)18-3/h7,12H,4-6H2,1-3H3,(H,11,13,14). The van der Waals surface area contributed by atoms with Crippen molar-refractivity contribution in [2.75, 3.05) is 38.4 Å². The van der Waals surface area contributed by atoms with Crippen LogP contribution in [0.5, 0.6) is 11.8 Å². The first kappa shape index (κ1) is 15.4. The molecule has 0 atom stereocenters. The summed E-state index contributed by atoms with van der Waals surface area (Å²) in [5.41, 5.74) is 0. The van der Waals surface area contributed by atoms with Gasteiger partial charge in [0.1, 0.15) is 0 Å². The summed E-state index contributed by atoms with van der Waals surface area (Å²) >= 11 is 0. The predicted octanol–water partition coefficient (Wildman–Crippen LogP) is -0.155. The van der Waals surface area contributed by atoms with Gasteiger partial charge in [-0.05, 0) is 0 Å². The minimum atomic E-state index is -3.26. The number of nitrogens with one attached hydrogen (secondary N) is 2. The van der Waals surface area contributed by atoms with Crippen molar-refractivity contribution in [3.05, 3.63) is 6.07 Å². The van der Waals surface area contributed by atoms with E-state index in [1.165, 1.54) is 20.3 Å². The molecular weight excluding hydrogens is 272 g/mol. The Bertz CT molecular complexity index is 484. The summed E-state index contributed by atoms with van der Waals surface area (Å²) in [6.07, 6.45) is 0. The molecule has 0 unspecified atom stereocenters. The van der Waals surface area contributed by atoms with Crippen LogP contribution in [0.3, 0.4) is 0 Å². The fraction of sp³-hybridized carbons (Fsp3) is 0.600. The van der Waals surface area contributed by atoms with E-state index < -0.39 is 10.0 Å². The van der Waals surface area contributed by atoms with Gasteiger partial charge in [0.05, 0.1) is 26.0 Å². The Hall–Kier alpha value is -1.61. The maximum atomic E-state index is 11.4. The van der Waals surface area contributed by atoms with Gasteiger partial charge in [-0.1, -0.05) is 6.92 Å². The molecule has 9 heteroatoms. The minimum absolute atomic E-state index is 0.0657. The maximum absolute atomic E-state index is 11.4. The molecular formula is C10H18N4O4S. The topological polar surface area (TPSA) is 102 Å². The summed E-state index contributed by atoms with van der Waals surface area (Å²) in [4.78, 5) is 8.05. The van der Waals surface area contributed by atoms with Crippen molar-refractivity contribution in [3.63, 3.8) is 0 Å². The van der Waals surface area contributed by atoms with Crippen LogP contribution in [0.2, 0.25) is 0 Å². The molecule has 0 aliphatic rings. The van der Waals surface area contributed by atoms with Gasteiger partial charge in [0, 0.05) is 13.1 Å². The summed E-state index contributed by atoms with van der Waals surface area (Å²) in [5, 5.41) is 2.81. The molecule has 0 fully saturated rings. The van der Waals surface area contributed by atoms with Gasteiger partial charge in [0.2, 0.25) is 27.7 Å². The maximum Gasteiger partial charge on any atom is 0.229 e. The quantitative estimate of drug-likeness (QED) is 0.686. The van der Waals surface area contributed by atoms with E-state index in [4.69, 9.17) is 9.47 Å². The molecule has 0 spiro atoms. The molecule has 1 rings (SSSR count). The highest BCUT2D eigenvalue weighted by Crippen LogP contribution is 2.16. The lowest BCUT2D eigenvalue weighted by molar-refractivity contribution is 0.373. The van der Waals surface area contributed by atoms with Crippen LogP contribution in [0, 0.1) is 0 Å². The van der Waals surface area contributed by atoms with Crippen molar-refractivity contribution in [1.82, 2.24) is 14.7 Å². The van der Waals surface area contributed by atoms with E-state index in [1.54, 1.807) is 6.92 Å². The molecule has 0 radical (unpaired) electrons. The Morgan fingerprint density at radius 3 is 2.26 bits per heavy atom. The molecule has 0 amide bonds. The number of aromatic nitrogens is 2. The van der Waals surface area contributed by atoms with Gasteiger partial charge in [-0.25, -0.2) is 13.1 Å². The number of methoxy groups -OCH3 is 2. The van der Waals surface area contributed by atoms with Crippen molar-refractivity contribution in [2.24, 2.45) is 0 Å². The van der Waals surface area contributed by atoms with Gasteiger partial charge < -0.3 is 14.8 Å². The van der Waals surface area contributed by atoms with E-state index in [1.807, 2.05) is 0 Å². The zero-order chi connectivity index (χ0) is 14.3. The molecule has 0 saturated heterocycles. The Kier molecular flexibility index (Phi) is 5.77. The first-order chi connectivity index (χ1) is 9.00. The number of rotatable bonds is 8. The molecule has 1 aromatic heterocycles. The third kappa shape index (κ3) is 5.26. The zero-order valence-electron chi connectivity index (χ0n) is 11.1. The van der Waals surface area contributed by atoms with Crippen molar-refractivity contribution in [1.29, 1.82) is 0 Å². The smallest absolute Gasteiger partial charge is 0.229 e. The molecule has 0 aliphatic heterocycles. The summed E-state index contributed by atoms with van der Waals surface area (Å²) in [5.74, 6) is 0.861. The summed E-state index contributed by atoms with van der Waals surface area (Å²) in [7, 11) is -0.317. The SMILES string of the molecule is CCNS(=O)(=O)CCNc1nc(OC)cc(OC)n1. The summed E-state index contributed by atoms with van der Waals surface area (Å²) in [6.45, 7) is 2.28. The fourth-order valence-electron chi connectivity index (χ4n) is 1.28. The van der Waals surface area contributed by atoms with Gasteiger partial charge in [-0.2, -0.15) is 9.97 Å². The first-order valence-electron chi connectivity index (χ1n) is 5.69. The van der Waals surface area contributed by atoms with Crippen molar-refractivity contribution in [2.45, 2.75) is 6.92 Å². The van der Waals surface area contributed by atoms with Crippen molar-refractivity contribution in [3.8, 4) is 11.8 Å². The van der Waals surface area contributed by atoms with E-state index in [-0.39, 0.29) is 18.2 Å². The van der Waals surface area contributed by atoms with E-state index in [2.05, 4.69) is 20.0 Å². The molecule has 108 valence electrons. The van der Waals surface area contributed by atoms with E-state index in [0.29, 0.717) is 18.3 Å². The average Bonchev–Trinajstić information content (AvgIpc) is 2.37. The number of anilines is 1. The monoisotopic (exact) mass is 290 g/mol. The predicted molar refractivity (Wildman–Crippen MR) is 71.1 cm³/mol. The number of ether oxygens (including phenoxy) is 2. The van der Waals surface area contributed by atoms with Crippen LogP contribution in [-0.4, -0.2) is 51.4 Å². The van der Waals surface area contributed by atoms with Crippen LogP contribution < -0.4 is 19.5 Å². The highest BCUT2D eigenvalue weighted by molar-refractivity contribution is 7.89. The van der Waals surface area contributed by atoms with Crippen LogP contribution in [0.4, 0.5) is 5.95 Å². The lowest BCUT2D eigenvalue weighted by atomic mass is 10.6. The minimum Gasteiger partial charge on any atom is -0.481 e. The van der Waals surface area contributed by atoms with Crippen LogP contribution in [0.1, 0.15) is 6.92 Å². The van der Waals surface area contributed by atoms with Crippen LogP contribution in [0.25, 0.3) is 0 Å².